The van der Waals surface area contributed by atoms with Crippen LogP contribution in [0.15, 0.2) is 54.0 Å². The summed E-state index contributed by atoms with van der Waals surface area (Å²) in [6, 6.07) is 12.5. The van der Waals surface area contributed by atoms with Gasteiger partial charge in [-0.3, -0.25) is 4.98 Å². The molecule has 3 aromatic rings. The third-order valence-corrected chi connectivity index (χ3v) is 3.93. The second-order valence-corrected chi connectivity index (χ2v) is 5.41. The molecule has 0 radical (unpaired) electrons. The number of hydrogen-bond acceptors (Lipinski definition) is 4. The van der Waals surface area contributed by atoms with Gasteiger partial charge in [0, 0.05) is 30.2 Å². The molecule has 2 heterocycles. The molecule has 5 heteroatoms. The van der Waals surface area contributed by atoms with Crippen LogP contribution < -0.4 is 5.32 Å². The largest absolute Gasteiger partial charge is 0.307 e. The monoisotopic (exact) mass is 299 g/mol. The number of hydrogen-bond donors (Lipinski definition) is 1. The minimum Gasteiger partial charge on any atom is -0.307 e. The number of benzene rings is 1. The van der Waals surface area contributed by atoms with Crippen molar-refractivity contribution in [2.45, 2.75) is 13.1 Å². The van der Waals surface area contributed by atoms with Gasteiger partial charge in [0.05, 0.1) is 11.4 Å². The lowest BCUT2D eigenvalue weighted by atomic mass is 10.2. The van der Waals surface area contributed by atoms with Crippen LogP contribution in [0.1, 0.15) is 11.3 Å². The second kappa shape index (κ2) is 6.56. The summed E-state index contributed by atoms with van der Waals surface area (Å²) in [5.41, 5.74) is 2.48. The average molecular weight is 299 g/mol. The molecule has 2 aromatic heterocycles. The van der Waals surface area contributed by atoms with Crippen molar-refractivity contribution in [1.82, 2.24) is 15.3 Å². The average Bonchev–Trinajstić information content (AvgIpc) is 2.99. The van der Waals surface area contributed by atoms with Gasteiger partial charge in [0.1, 0.15) is 10.8 Å². The lowest BCUT2D eigenvalue weighted by Gasteiger charge is -2.04. The number of aromatic nitrogens is 2. The molecule has 0 aliphatic rings. The van der Waals surface area contributed by atoms with E-state index < -0.39 is 0 Å². The highest BCUT2D eigenvalue weighted by Gasteiger charge is 2.06. The Labute approximate surface area is 126 Å². The van der Waals surface area contributed by atoms with Crippen molar-refractivity contribution in [3.05, 3.63) is 71.1 Å². The lowest BCUT2D eigenvalue weighted by Crippen LogP contribution is -2.13. The Morgan fingerprint density at radius 2 is 1.90 bits per heavy atom. The normalized spacial score (nSPS) is 10.7. The molecule has 3 nitrogen and oxygen atoms in total. The van der Waals surface area contributed by atoms with Gasteiger partial charge in [0.15, 0.2) is 0 Å². The third-order valence-electron chi connectivity index (χ3n) is 3.02. The minimum absolute atomic E-state index is 0.183. The van der Waals surface area contributed by atoms with Crippen LogP contribution in [0.3, 0.4) is 0 Å². The van der Waals surface area contributed by atoms with E-state index in [9.17, 15) is 4.39 Å². The Kier molecular flexibility index (Phi) is 4.33. The maximum absolute atomic E-state index is 13.5. The third kappa shape index (κ3) is 3.51. The highest BCUT2D eigenvalue weighted by Crippen LogP contribution is 2.21. The van der Waals surface area contributed by atoms with E-state index in [4.69, 9.17) is 0 Å². The zero-order chi connectivity index (χ0) is 14.5. The molecule has 0 spiro atoms. The van der Waals surface area contributed by atoms with E-state index in [0.29, 0.717) is 18.7 Å². The van der Waals surface area contributed by atoms with Crippen LogP contribution in [0.2, 0.25) is 0 Å². The molecule has 3 rings (SSSR count). The van der Waals surface area contributed by atoms with Gasteiger partial charge >= 0.3 is 0 Å². The first-order valence-corrected chi connectivity index (χ1v) is 7.51. The summed E-state index contributed by atoms with van der Waals surface area (Å²) in [4.78, 5) is 8.81. The number of halogens is 1. The zero-order valence-corrected chi connectivity index (χ0v) is 12.1. The van der Waals surface area contributed by atoms with Crippen molar-refractivity contribution >= 4 is 11.3 Å². The van der Waals surface area contributed by atoms with Gasteiger partial charge in [-0.25, -0.2) is 9.37 Å². The summed E-state index contributed by atoms with van der Waals surface area (Å²) >= 11 is 1.56. The van der Waals surface area contributed by atoms with Crippen molar-refractivity contribution in [3.8, 4) is 10.7 Å². The van der Waals surface area contributed by atoms with Gasteiger partial charge in [-0.15, -0.1) is 11.3 Å². The molecular formula is C16H14FN3S. The van der Waals surface area contributed by atoms with E-state index >= 15 is 0 Å². The van der Waals surface area contributed by atoms with E-state index in [1.807, 2.05) is 29.6 Å². The van der Waals surface area contributed by atoms with Crippen molar-refractivity contribution in [2.75, 3.05) is 0 Å². The quantitative estimate of drug-likeness (QED) is 0.781. The first kappa shape index (κ1) is 13.9. The Hall–Kier alpha value is -2.11. The molecule has 1 aromatic carbocycles. The molecule has 0 saturated carbocycles. The number of nitrogens with zero attached hydrogens (tertiary/aromatic N) is 2. The van der Waals surface area contributed by atoms with Crippen LogP contribution in [0.25, 0.3) is 10.7 Å². The maximum Gasteiger partial charge on any atom is 0.142 e. The zero-order valence-electron chi connectivity index (χ0n) is 11.3. The van der Waals surface area contributed by atoms with Gasteiger partial charge in [-0.2, -0.15) is 0 Å². The Morgan fingerprint density at radius 3 is 2.71 bits per heavy atom. The van der Waals surface area contributed by atoms with Crippen molar-refractivity contribution in [1.29, 1.82) is 0 Å². The summed E-state index contributed by atoms with van der Waals surface area (Å²) < 4.78 is 13.5. The molecule has 0 aliphatic heterocycles. The SMILES string of the molecule is Fc1ccccc1CNCc1csc(-c2ccccn2)n1. The smallest absolute Gasteiger partial charge is 0.142 e. The van der Waals surface area contributed by atoms with Gasteiger partial charge in [0.2, 0.25) is 0 Å². The molecule has 0 unspecified atom stereocenters. The van der Waals surface area contributed by atoms with Gasteiger partial charge < -0.3 is 5.32 Å². The Bertz CT molecular complexity index is 712. The van der Waals surface area contributed by atoms with E-state index in [-0.39, 0.29) is 5.82 Å². The predicted molar refractivity (Wildman–Crippen MR) is 82.3 cm³/mol. The van der Waals surface area contributed by atoms with E-state index in [1.54, 1.807) is 29.7 Å². The van der Waals surface area contributed by atoms with Crippen LogP contribution in [0.4, 0.5) is 4.39 Å². The van der Waals surface area contributed by atoms with Crippen LogP contribution in [-0.2, 0) is 13.1 Å². The number of rotatable bonds is 5. The van der Waals surface area contributed by atoms with E-state index in [2.05, 4.69) is 15.3 Å². The fourth-order valence-electron chi connectivity index (χ4n) is 1.96. The van der Waals surface area contributed by atoms with E-state index in [0.717, 1.165) is 16.4 Å². The van der Waals surface area contributed by atoms with Gasteiger partial charge in [-0.1, -0.05) is 24.3 Å². The molecule has 0 aliphatic carbocycles. The van der Waals surface area contributed by atoms with Gasteiger partial charge in [-0.05, 0) is 18.2 Å². The topological polar surface area (TPSA) is 37.8 Å². The molecule has 106 valence electrons. The standard InChI is InChI=1S/C16H14FN3S/c17-14-6-2-1-5-12(14)9-18-10-13-11-21-16(20-13)15-7-3-4-8-19-15/h1-8,11,18H,9-10H2. The van der Waals surface area contributed by atoms with Gasteiger partial charge in [0.25, 0.3) is 0 Å². The second-order valence-electron chi connectivity index (χ2n) is 4.55. The summed E-state index contributed by atoms with van der Waals surface area (Å²) in [6.07, 6.45) is 1.76. The van der Waals surface area contributed by atoms with Crippen LogP contribution in [0.5, 0.6) is 0 Å². The minimum atomic E-state index is -0.183. The molecule has 1 N–H and O–H groups in total. The highest BCUT2D eigenvalue weighted by atomic mass is 32.1. The van der Waals surface area contributed by atoms with Crippen molar-refractivity contribution in [2.24, 2.45) is 0 Å². The fraction of sp³-hybridized carbons (Fsp3) is 0.125. The number of nitrogens with one attached hydrogen (secondary N) is 1. The predicted octanol–water partition coefficient (Wildman–Crippen LogP) is 3.63. The van der Waals surface area contributed by atoms with E-state index in [1.165, 1.54) is 6.07 Å². The highest BCUT2D eigenvalue weighted by molar-refractivity contribution is 7.13. The van der Waals surface area contributed by atoms with Crippen LogP contribution in [0, 0.1) is 5.82 Å². The number of thiazole rings is 1. The first-order valence-electron chi connectivity index (χ1n) is 6.63. The molecular weight excluding hydrogens is 285 g/mol. The summed E-state index contributed by atoms with van der Waals surface area (Å²) in [5, 5.41) is 6.11. The molecule has 0 atom stereocenters. The molecule has 0 fully saturated rings. The summed E-state index contributed by atoms with van der Waals surface area (Å²) in [6.45, 7) is 1.10. The number of pyridine rings is 1. The lowest BCUT2D eigenvalue weighted by molar-refractivity contribution is 0.586. The fourth-order valence-corrected chi connectivity index (χ4v) is 2.76. The molecule has 0 bridgehead atoms. The van der Waals surface area contributed by atoms with Crippen molar-refractivity contribution in [3.63, 3.8) is 0 Å². The summed E-state index contributed by atoms with van der Waals surface area (Å²) in [5.74, 6) is -0.183. The molecule has 0 saturated heterocycles. The van der Waals surface area contributed by atoms with Crippen LogP contribution >= 0.6 is 11.3 Å². The first-order chi connectivity index (χ1) is 10.3. The Morgan fingerprint density at radius 1 is 1.05 bits per heavy atom. The molecule has 21 heavy (non-hydrogen) atoms. The van der Waals surface area contributed by atoms with Crippen molar-refractivity contribution < 1.29 is 4.39 Å². The van der Waals surface area contributed by atoms with Crippen LogP contribution in [-0.4, -0.2) is 9.97 Å². The maximum atomic E-state index is 13.5. The Balaban J connectivity index is 1.60. The summed E-state index contributed by atoms with van der Waals surface area (Å²) in [7, 11) is 0. The molecule has 0 amide bonds.